The first-order valence-corrected chi connectivity index (χ1v) is 6.06. The smallest absolute Gasteiger partial charge is 0.249 e. The summed E-state index contributed by atoms with van der Waals surface area (Å²) in [6.07, 6.45) is 7.03. The number of terminal acetylenes is 1. The quantitative estimate of drug-likeness (QED) is 0.741. The first-order valence-electron chi connectivity index (χ1n) is 6.06. The lowest BCUT2D eigenvalue weighted by molar-refractivity contribution is -0.139. The van der Waals surface area contributed by atoms with Crippen molar-refractivity contribution in [2.75, 3.05) is 6.54 Å². The molecule has 0 saturated carbocycles. The van der Waals surface area contributed by atoms with E-state index < -0.39 is 5.54 Å². The number of rotatable bonds is 3. The second-order valence-electron chi connectivity index (χ2n) is 4.57. The molecular formula is C13H20N2O2. The molecule has 1 N–H and O–H groups in total. The second kappa shape index (κ2) is 5.22. The predicted octanol–water partition coefficient (Wildman–Crippen LogP) is 0.915. The minimum absolute atomic E-state index is 0.0735. The van der Waals surface area contributed by atoms with Gasteiger partial charge >= 0.3 is 0 Å². The summed E-state index contributed by atoms with van der Waals surface area (Å²) in [4.78, 5) is 25.7. The average molecular weight is 236 g/mol. The van der Waals surface area contributed by atoms with Crippen molar-refractivity contribution in [1.29, 1.82) is 0 Å². The van der Waals surface area contributed by atoms with E-state index in [2.05, 4.69) is 11.2 Å². The van der Waals surface area contributed by atoms with Gasteiger partial charge in [0.2, 0.25) is 11.8 Å². The fourth-order valence-electron chi connectivity index (χ4n) is 2.03. The number of carbonyl (C=O) groups is 2. The third kappa shape index (κ3) is 2.60. The zero-order valence-corrected chi connectivity index (χ0v) is 10.7. The van der Waals surface area contributed by atoms with Crippen LogP contribution in [0.3, 0.4) is 0 Å². The normalized spacial score (nSPS) is 27.1. The predicted molar refractivity (Wildman–Crippen MR) is 66.1 cm³/mol. The Kier molecular flexibility index (Phi) is 4.17. The van der Waals surface area contributed by atoms with Crippen LogP contribution in [0.2, 0.25) is 0 Å². The number of nitrogens with zero attached hydrogens (tertiary/aromatic N) is 1. The van der Waals surface area contributed by atoms with Crippen molar-refractivity contribution in [1.82, 2.24) is 10.2 Å². The molecule has 0 aliphatic carbocycles. The van der Waals surface area contributed by atoms with Gasteiger partial charge in [0.15, 0.2) is 0 Å². The zero-order chi connectivity index (χ0) is 13.1. The zero-order valence-electron chi connectivity index (χ0n) is 10.7. The summed E-state index contributed by atoms with van der Waals surface area (Å²) in [6, 6.07) is -0.221. The summed E-state index contributed by atoms with van der Waals surface area (Å²) < 4.78 is 0. The summed E-state index contributed by atoms with van der Waals surface area (Å²) in [5, 5.41) is 2.79. The van der Waals surface area contributed by atoms with Crippen molar-refractivity contribution in [3.05, 3.63) is 0 Å². The number of nitrogens with one attached hydrogen (secondary N) is 1. The molecule has 0 aromatic heterocycles. The molecule has 17 heavy (non-hydrogen) atoms. The van der Waals surface area contributed by atoms with E-state index in [0.717, 1.165) is 0 Å². The highest BCUT2D eigenvalue weighted by molar-refractivity contribution is 5.93. The van der Waals surface area contributed by atoms with Crippen molar-refractivity contribution < 1.29 is 9.59 Å². The largest absolute Gasteiger partial charge is 0.342 e. The van der Waals surface area contributed by atoms with Gasteiger partial charge in [-0.1, -0.05) is 19.8 Å². The van der Waals surface area contributed by atoms with Crippen LogP contribution in [0.1, 0.15) is 40.0 Å². The molecule has 1 heterocycles. The lowest BCUT2D eigenvalue weighted by atomic mass is 9.96. The molecule has 0 radical (unpaired) electrons. The molecule has 1 aliphatic heterocycles. The van der Waals surface area contributed by atoms with E-state index in [0.29, 0.717) is 25.8 Å². The van der Waals surface area contributed by atoms with E-state index >= 15 is 0 Å². The summed E-state index contributed by atoms with van der Waals surface area (Å²) in [5.74, 6) is 2.46. The molecule has 1 aliphatic rings. The van der Waals surface area contributed by atoms with Gasteiger partial charge in [-0.25, -0.2) is 0 Å². The maximum Gasteiger partial charge on any atom is 0.249 e. The van der Waals surface area contributed by atoms with Gasteiger partial charge in [-0.2, -0.15) is 0 Å². The fraction of sp³-hybridized carbons (Fsp3) is 0.692. The van der Waals surface area contributed by atoms with Crippen molar-refractivity contribution in [3.63, 3.8) is 0 Å². The number of hydrogen-bond donors (Lipinski definition) is 1. The molecule has 0 aromatic rings. The first kappa shape index (κ1) is 13.6. The van der Waals surface area contributed by atoms with E-state index in [1.54, 1.807) is 11.8 Å². The molecule has 1 rings (SSSR count). The Bertz CT molecular complexity index is 359. The van der Waals surface area contributed by atoms with Gasteiger partial charge in [0.1, 0.15) is 5.54 Å². The van der Waals surface area contributed by atoms with Crippen LogP contribution >= 0.6 is 0 Å². The van der Waals surface area contributed by atoms with Crippen molar-refractivity contribution in [2.24, 2.45) is 0 Å². The third-order valence-corrected chi connectivity index (χ3v) is 3.39. The summed E-state index contributed by atoms with van der Waals surface area (Å²) in [7, 11) is 0. The van der Waals surface area contributed by atoms with Crippen molar-refractivity contribution in [3.8, 4) is 12.3 Å². The van der Waals surface area contributed by atoms with Crippen LogP contribution in [0.15, 0.2) is 0 Å². The lowest BCUT2D eigenvalue weighted by Gasteiger charge is -2.33. The third-order valence-electron chi connectivity index (χ3n) is 3.39. The molecule has 4 nitrogen and oxygen atoms in total. The van der Waals surface area contributed by atoms with Crippen LogP contribution in [0, 0.1) is 12.3 Å². The molecule has 0 aromatic carbocycles. The average Bonchev–Trinajstić information content (AvgIpc) is 2.42. The minimum atomic E-state index is -0.822. The van der Waals surface area contributed by atoms with Gasteiger partial charge in [-0.3, -0.25) is 9.59 Å². The Morgan fingerprint density at radius 1 is 1.53 bits per heavy atom. The summed E-state index contributed by atoms with van der Waals surface area (Å²) in [6.45, 7) is 6.00. The van der Waals surface area contributed by atoms with Crippen molar-refractivity contribution >= 4 is 11.8 Å². The first-order chi connectivity index (χ1) is 7.98. The van der Waals surface area contributed by atoms with Gasteiger partial charge in [0, 0.05) is 13.0 Å². The molecule has 2 unspecified atom stereocenters. The van der Waals surface area contributed by atoms with E-state index in [9.17, 15) is 9.59 Å². The Balaban J connectivity index is 3.04. The van der Waals surface area contributed by atoms with Crippen molar-refractivity contribution in [2.45, 2.75) is 51.6 Å². The Hall–Kier alpha value is -1.50. The van der Waals surface area contributed by atoms with Gasteiger partial charge in [0.25, 0.3) is 0 Å². The molecule has 0 bridgehead atoms. The Morgan fingerprint density at radius 2 is 2.18 bits per heavy atom. The summed E-state index contributed by atoms with van der Waals surface area (Å²) >= 11 is 0. The number of hydrogen-bond acceptors (Lipinski definition) is 2. The Labute approximate surface area is 103 Å². The van der Waals surface area contributed by atoms with Crippen LogP contribution in [0.5, 0.6) is 0 Å². The number of amides is 2. The second-order valence-corrected chi connectivity index (χ2v) is 4.57. The molecule has 1 saturated heterocycles. The lowest BCUT2D eigenvalue weighted by Crippen LogP contribution is -2.56. The van der Waals surface area contributed by atoms with E-state index in [4.69, 9.17) is 6.42 Å². The van der Waals surface area contributed by atoms with E-state index in [1.165, 1.54) is 0 Å². The SMILES string of the molecule is C#CC(CC)N1CCC(=O)NC(C)(CC)C1=O. The van der Waals surface area contributed by atoms with E-state index in [-0.39, 0.29) is 17.9 Å². The van der Waals surface area contributed by atoms with Gasteiger partial charge in [-0.05, 0) is 19.8 Å². The Morgan fingerprint density at radius 3 is 2.65 bits per heavy atom. The monoisotopic (exact) mass is 236 g/mol. The topological polar surface area (TPSA) is 49.4 Å². The summed E-state index contributed by atoms with van der Waals surface area (Å²) in [5.41, 5.74) is -0.822. The van der Waals surface area contributed by atoms with Crippen LogP contribution in [-0.2, 0) is 9.59 Å². The molecular weight excluding hydrogens is 216 g/mol. The van der Waals surface area contributed by atoms with Gasteiger partial charge in [0.05, 0.1) is 6.04 Å². The maximum absolute atomic E-state index is 12.4. The highest BCUT2D eigenvalue weighted by Crippen LogP contribution is 2.20. The van der Waals surface area contributed by atoms with Crippen LogP contribution in [-0.4, -0.2) is 34.8 Å². The molecule has 94 valence electrons. The highest BCUT2D eigenvalue weighted by Gasteiger charge is 2.40. The number of carbonyl (C=O) groups excluding carboxylic acids is 2. The molecule has 4 heteroatoms. The molecule has 2 amide bonds. The van der Waals surface area contributed by atoms with Gasteiger partial charge in [-0.15, -0.1) is 6.42 Å². The van der Waals surface area contributed by atoms with E-state index in [1.807, 2.05) is 13.8 Å². The van der Waals surface area contributed by atoms with Crippen LogP contribution in [0.25, 0.3) is 0 Å². The van der Waals surface area contributed by atoms with Crippen LogP contribution < -0.4 is 5.32 Å². The molecule has 2 atom stereocenters. The maximum atomic E-state index is 12.4. The highest BCUT2D eigenvalue weighted by atomic mass is 16.2. The van der Waals surface area contributed by atoms with Gasteiger partial charge < -0.3 is 10.2 Å². The molecule has 1 fully saturated rings. The van der Waals surface area contributed by atoms with Crippen LogP contribution in [0.4, 0.5) is 0 Å². The standard InChI is InChI=1S/C13H20N2O2/c1-5-10(6-2)15-9-8-11(16)14-13(4,7-3)12(15)17/h1,10H,6-9H2,2-4H3,(H,14,16). The molecule has 0 spiro atoms. The minimum Gasteiger partial charge on any atom is -0.342 e. The fourth-order valence-corrected chi connectivity index (χ4v) is 2.03.